The van der Waals surface area contributed by atoms with Crippen LogP contribution in [0.15, 0.2) is 30.3 Å². The highest BCUT2D eigenvalue weighted by atomic mass is 35.5. The molecule has 0 spiro atoms. The van der Waals surface area contributed by atoms with E-state index in [1.54, 1.807) is 37.4 Å². The van der Waals surface area contributed by atoms with E-state index in [0.717, 1.165) is 5.56 Å². The van der Waals surface area contributed by atoms with E-state index in [1.807, 2.05) is 0 Å². The number of β-amino-alcohol motifs (C(OH)–C–C–N with tert-alkyl or cyclic N) is 1. The van der Waals surface area contributed by atoms with Crippen LogP contribution in [-0.2, 0) is 6.54 Å². The summed E-state index contributed by atoms with van der Waals surface area (Å²) in [6.07, 6.45) is -0.886. The molecule has 1 heterocycles. The lowest BCUT2D eigenvalue weighted by molar-refractivity contribution is 0.105. The van der Waals surface area contributed by atoms with E-state index >= 15 is 0 Å². The van der Waals surface area contributed by atoms with Crippen molar-refractivity contribution in [2.24, 2.45) is 0 Å². The van der Waals surface area contributed by atoms with E-state index < -0.39 is 6.10 Å². The molecule has 0 radical (unpaired) electrons. The molecule has 8 heteroatoms. The number of hydrogen-bond donors (Lipinski definition) is 2. The van der Waals surface area contributed by atoms with Crippen molar-refractivity contribution in [3.8, 4) is 11.5 Å². The number of urea groups is 1. The molecule has 2 N–H and O–H groups in total. The summed E-state index contributed by atoms with van der Waals surface area (Å²) in [5, 5.41) is 14.1. The van der Waals surface area contributed by atoms with Crippen molar-refractivity contribution in [3.63, 3.8) is 0 Å². The summed E-state index contributed by atoms with van der Waals surface area (Å²) >= 11 is 11.9. The molecule has 26 heavy (non-hydrogen) atoms. The minimum absolute atomic E-state index is 0.129. The number of hydrogen-bond acceptors (Lipinski definition) is 4. The Morgan fingerprint density at radius 3 is 2.50 bits per heavy atom. The minimum Gasteiger partial charge on any atom is -0.496 e. The summed E-state index contributed by atoms with van der Waals surface area (Å²) in [7, 11) is 3.08. The SMILES string of the molecule is COc1ccc(OC)c2c1CN(C(=O)Nc1ccc(Cl)c(Cl)c1)CC2O. The number of nitrogens with one attached hydrogen (secondary N) is 1. The Morgan fingerprint density at radius 2 is 1.85 bits per heavy atom. The molecular formula is C18H18Cl2N2O4. The zero-order valence-corrected chi connectivity index (χ0v) is 15.8. The predicted molar refractivity (Wildman–Crippen MR) is 100 cm³/mol. The summed E-state index contributed by atoms with van der Waals surface area (Å²) in [4.78, 5) is 14.1. The zero-order chi connectivity index (χ0) is 18.8. The van der Waals surface area contributed by atoms with Crippen molar-refractivity contribution >= 4 is 34.9 Å². The first-order valence-electron chi connectivity index (χ1n) is 7.87. The highest BCUT2D eigenvalue weighted by Gasteiger charge is 2.32. The number of anilines is 1. The van der Waals surface area contributed by atoms with Gasteiger partial charge in [-0.25, -0.2) is 4.79 Å². The van der Waals surface area contributed by atoms with Gasteiger partial charge in [0.2, 0.25) is 0 Å². The maximum atomic E-state index is 12.6. The number of carbonyl (C=O) groups excluding carboxylic acids is 1. The number of fused-ring (bicyclic) bond motifs is 1. The highest BCUT2D eigenvalue weighted by molar-refractivity contribution is 6.42. The molecule has 6 nitrogen and oxygen atoms in total. The molecule has 2 aromatic rings. The third-order valence-corrected chi connectivity index (χ3v) is 4.99. The number of benzene rings is 2. The van der Waals surface area contributed by atoms with Gasteiger partial charge in [-0.2, -0.15) is 0 Å². The van der Waals surface area contributed by atoms with Crippen molar-refractivity contribution in [1.82, 2.24) is 4.90 Å². The van der Waals surface area contributed by atoms with Crippen LogP contribution >= 0.6 is 23.2 Å². The van der Waals surface area contributed by atoms with Crippen LogP contribution in [-0.4, -0.2) is 36.8 Å². The van der Waals surface area contributed by atoms with E-state index in [-0.39, 0.29) is 19.1 Å². The molecule has 0 aromatic heterocycles. The molecule has 1 atom stereocenters. The van der Waals surface area contributed by atoms with Crippen molar-refractivity contribution in [1.29, 1.82) is 0 Å². The number of carbonyl (C=O) groups is 1. The van der Waals surface area contributed by atoms with Gasteiger partial charge in [0.25, 0.3) is 0 Å². The normalized spacial score (nSPS) is 16.0. The molecule has 2 amide bonds. The molecule has 0 saturated heterocycles. The van der Waals surface area contributed by atoms with Gasteiger partial charge in [-0.3, -0.25) is 0 Å². The second-order valence-corrected chi connectivity index (χ2v) is 6.63. The Morgan fingerprint density at radius 1 is 1.15 bits per heavy atom. The van der Waals surface area contributed by atoms with Crippen LogP contribution in [0.2, 0.25) is 10.0 Å². The van der Waals surface area contributed by atoms with Gasteiger partial charge in [-0.05, 0) is 30.3 Å². The number of rotatable bonds is 3. The van der Waals surface area contributed by atoms with Crippen LogP contribution in [0.5, 0.6) is 11.5 Å². The van der Waals surface area contributed by atoms with Crippen molar-refractivity contribution < 1.29 is 19.4 Å². The minimum atomic E-state index is -0.886. The Hall–Kier alpha value is -2.15. The molecule has 138 valence electrons. The average Bonchev–Trinajstić information content (AvgIpc) is 2.63. The molecule has 1 aliphatic rings. The van der Waals surface area contributed by atoms with Gasteiger partial charge < -0.3 is 24.8 Å². The molecule has 0 saturated carbocycles. The molecule has 0 fully saturated rings. The Labute approximate surface area is 161 Å². The first kappa shape index (κ1) is 18.6. The van der Waals surface area contributed by atoms with Gasteiger partial charge in [0.15, 0.2) is 0 Å². The van der Waals surface area contributed by atoms with Gasteiger partial charge in [0, 0.05) is 16.8 Å². The third-order valence-electron chi connectivity index (χ3n) is 4.25. The van der Waals surface area contributed by atoms with Crippen LogP contribution < -0.4 is 14.8 Å². The van der Waals surface area contributed by atoms with Crippen molar-refractivity contribution in [2.75, 3.05) is 26.1 Å². The number of methoxy groups -OCH3 is 2. The number of ether oxygens (including phenoxy) is 2. The smallest absolute Gasteiger partial charge is 0.322 e. The summed E-state index contributed by atoms with van der Waals surface area (Å²) < 4.78 is 10.7. The molecule has 1 unspecified atom stereocenters. The molecule has 3 rings (SSSR count). The van der Waals surface area contributed by atoms with Crippen LogP contribution in [0.3, 0.4) is 0 Å². The number of amides is 2. The van der Waals surface area contributed by atoms with Crippen molar-refractivity contribution in [2.45, 2.75) is 12.6 Å². The molecule has 0 aliphatic carbocycles. The van der Waals surface area contributed by atoms with E-state index in [2.05, 4.69) is 5.32 Å². The first-order valence-corrected chi connectivity index (χ1v) is 8.63. The largest absolute Gasteiger partial charge is 0.496 e. The topological polar surface area (TPSA) is 71.0 Å². The fourth-order valence-corrected chi connectivity index (χ4v) is 3.31. The van der Waals surface area contributed by atoms with E-state index in [0.29, 0.717) is 32.8 Å². The van der Waals surface area contributed by atoms with Gasteiger partial charge in [-0.15, -0.1) is 0 Å². The standard InChI is InChI=1S/C18H18Cl2N2O4/c1-25-15-5-6-16(26-2)17-11(15)8-22(9-14(17)23)18(24)21-10-3-4-12(19)13(20)7-10/h3-7,14,23H,8-9H2,1-2H3,(H,21,24). The summed E-state index contributed by atoms with van der Waals surface area (Å²) in [6, 6.07) is 7.96. The lowest BCUT2D eigenvalue weighted by atomic mass is 9.95. The fourth-order valence-electron chi connectivity index (χ4n) is 3.01. The average molecular weight is 397 g/mol. The molecule has 0 bridgehead atoms. The number of nitrogens with zero attached hydrogens (tertiary/aromatic N) is 1. The van der Waals surface area contributed by atoms with Crippen LogP contribution in [0, 0.1) is 0 Å². The monoisotopic (exact) mass is 396 g/mol. The second kappa shape index (κ2) is 7.61. The third kappa shape index (κ3) is 3.53. The maximum absolute atomic E-state index is 12.6. The Bertz CT molecular complexity index is 844. The van der Waals surface area contributed by atoms with E-state index in [1.165, 1.54) is 12.0 Å². The zero-order valence-electron chi connectivity index (χ0n) is 14.3. The Balaban J connectivity index is 1.85. The highest BCUT2D eigenvalue weighted by Crippen LogP contribution is 2.39. The number of aliphatic hydroxyl groups excluding tert-OH is 1. The lowest BCUT2D eigenvalue weighted by Gasteiger charge is -2.34. The van der Waals surface area contributed by atoms with Gasteiger partial charge in [0.05, 0.1) is 37.4 Å². The van der Waals surface area contributed by atoms with E-state index in [4.69, 9.17) is 32.7 Å². The summed E-state index contributed by atoms with van der Waals surface area (Å²) in [5.41, 5.74) is 1.88. The number of halogens is 2. The quantitative estimate of drug-likeness (QED) is 0.819. The van der Waals surface area contributed by atoms with Gasteiger partial charge >= 0.3 is 6.03 Å². The van der Waals surface area contributed by atoms with Crippen LogP contribution in [0.4, 0.5) is 10.5 Å². The maximum Gasteiger partial charge on any atom is 0.322 e. The predicted octanol–water partition coefficient (Wildman–Crippen LogP) is 4.09. The first-order chi connectivity index (χ1) is 12.4. The van der Waals surface area contributed by atoms with E-state index in [9.17, 15) is 9.90 Å². The summed E-state index contributed by atoms with van der Waals surface area (Å²) in [5.74, 6) is 1.16. The summed E-state index contributed by atoms with van der Waals surface area (Å²) in [6.45, 7) is 0.406. The second-order valence-electron chi connectivity index (χ2n) is 5.82. The molecular weight excluding hydrogens is 379 g/mol. The fraction of sp³-hybridized carbons (Fsp3) is 0.278. The number of aliphatic hydroxyl groups is 1. The molecule has 2 aromatic carbocycles. The van der Waals surface area contributed by atoms with Gasteiger partial charge in [0.1, 0.15) is 17.6 Å². The van der Waals surface area contributed by atoms with Gasteiger partial charge in [-0.1, -0.05) is 23.2 Å². The van der Waals surface area contributed by atoms with Crippen molar-refractivity contribution in [3.05, 3.63) is 51.5 Å². The van der Waals surface area contributed by atoms with Crippen LogP contribution in [0.1, 0.15) is 17.2 Å². The van der Waals surface area contributed by atoms with Crippen LogP contribution in [0.25, 0.3) is 0 Å². The lowest BCUT2D eigenvalue weighted by Crippen LogP contribution is -2.41. The molecule has 1 aliphatic heterocycles. The Kier molecular flexibility index (Phi) is 5.46.